The first-order valence-corrected chi connectivity index (χ1v) is 8.99. The third-order valence-corrected chi connectivity index (χ3v) is 4.69. The first-order valence-electron chi connectivity index (χ1n) is 8.99. The second-order valence-electron chi connectivity index (χ2n) is 6.17. The lowest BCUT2D eigenvalue weighted by molar-refractivity contribution is 0.0772. The predicted octanol–water partition coefficient (Wildman–Crippen LogP) is 2.42. The van der Waals surface area contributed by atoms with Crippen LogP contribution in [0.1, 0.15) is 24.2 Å². The van der Waals surface area contributed by atoms with E-state index in [1.807, 2.05) is 24.8 Å². The van der Waals surface area contributed by atoms with Gasteiger partial charge >= 0.3 is 0 Å². The Balaban J connectivity index is 1.63. The van der Waals surface area contributed by atoms with Crippen molar-refractivity contribution in [2.24, 2.45) is 0 Å². The summed E-state index contributed by atoms with van der Waals surface area (Å²) in [6, 6.07) is 6.83. The van der Waals surface area contributed by atoms with Crippen LogP contribution in [0.5, 0.6) is 0 Å². The molecule has 7 heteroatoms. The van der Waals surface area contributed by atoms with E-state index < -0.39 is 0 Å². The number of nitrogens with zero attached hydrogens (tertiary/aromatic N) is 5. The summed E-state index contributed by atoms with van der Waals surface area (Å²) in [5.41, 5.74) is 1.13. The van der Waals surface area contributed by atoms with Gasteiger partial charge in [0, 0.05) is 51.7 Å². The molecular weight excluding hydrogens is 333 g/mol. The van der Waals surface area contributed by atoms with Gasteiger partial charge in [-0.1, -0.05) is 12.1 Å². The maximum atomic E-state index is 13.9. The van der Waals surface area contributed by atoms with E-state index in [-0.39, 0.29) is 11.7 Å². The van der Waals surface area contributed by atoms with Gasteiger partial charge in [-0.25, -0.2) is 14.4 Å². The maximum Gasteiger partial charge on any atom is 0.256 e. The fraction of sp³-hybridized carbons (Fsp3) is 0.421. The van der Waals surface area contributed by atoms with Gasteiger partial charge in [-0.05, 0) is 26.0 Å². The Morgan fingerprint density at radius 2 is 1.62 bits per heavy atom. The highest BCUT2D eigenvalue weighted by Gasteiger charge is 2.21. The highest BCUT2D eigenvalue weighted by atomic mass is 19.1. The molecule has 1 saturated heterocycles. The zero-order valence-corrected chi connectivity index (χ0v) is 15.2. The summed E-state index contributed by atoms with van der Waals surface area (Å²) in [7, 11) is 0. The Morgan fingerprint density at radius 3 is 2.19 bits per heavy atom. The van der Waals surface area contributed by atoms with Crippen LogP contribution < -0.4 is 9.80 Å². The number of hydrogen-bond acceptors (Lipinski definition) is 5. The molecule has 0 saturated carbocycles. The van der Waals surface area contributed by atoms with E-state index in [0.29, 0.717) is 56.5 Å². The quantitative estimate of drug-likeness (QED) is 0.823. The van der Waals surface area contributed by atoms with E-state index in [0.717, 1.165) is 0 Å². The van der Waals surface area contributed by atoms with Gasteiger partial charge in [0.15, 0.2) is 0 Å². The molecule has 0 spiro atoms. The van der Waals surface area contributed by atoms with Crippen LogP contribution >= 0.6 is 0 Å². The summed E-state index contributed by atoms with van der Waals surface area (Å²) in [6.45, 7) is 8.03. The van der Waals surface area contributed by atoms with Gasteiger partial charge in [-0.15, -0.1) is 0 Å². The SMILES string of the molecule is CCN(CC)C(=O)c1cnc(N2CCN(c3ccccc3F)CC2)nc1. The number of anilines is 2. The first-order chi connectivity index (χ1) is 12.6. The Kier molecular flexibility index (Phi) is 5.65. The molecule has 6 nitrogen and oxygen atoms in total. The lowest BCUT2D eigenvalue weighted by Gasteiger charge is -2.36. The molecule has 2 heterocycles. The van der Waals surface area contributed by atoms with Crippen LogP contribution in [0.2, 0.25) is 0 Å². The van der Waals surface area contributed by atoms with Crippen molar-refractivity contribution >= 4 is 17.5 Å². The summed E-state index contributed by atoms with van der Waals surface area (Å²) in [4.78, 5) is 26.9. The minimum Gasteiger partial charge on any atom is -0.366 e. The first kappa shape index (κ1) is 18.1. The van der Waals surface area contributed by atoms with Crippen molar-refractivity contribution in [2.75, 3.05) is 49.1 Å². The number of amides is 1. The Morgan fingerprint density at radius 1 is 1.04 bits per heavy atom. The lowest BCUT2D eigenvalue weighted by atomic mass is 10.2. The fourth-order valence-electron chi connectivity index (χ4n) is 3.14. The van der Waals surface area contributed by atoms with E-state index in [2.05, 4.69) is 14.9 Å². The van der Waals surface area contributed by atoms with Crippen molar-refractivity contribution in [3.8, 4) is 0 Å². The van der Waals surface area contributed by atoms with Gasteiger partial charge in [0.05, 0.1) is 11.3 Å². The lowest BCUT2D eigenvalue weighted by Crippen LogP contribution is -2.47. The summed E-state index contributed by atoms with van der Waals surface area (Å²) in [5, 5.41) is 0. The van der Waals surface area contributed by atoms with E-state index >= 15 is 0 Å². The topological polar surface area (TPSA) is 52.6 Å². The second kappa shape index (κ2) is 8.12. The average Bonchev–Trinajstić information content (AvgIpc) is 2.69. The highest BCUT2D eigenvalue weighted by Crippen LogP contribution is 2.21. The molecule has 1 aromatic heterocycles. The molecule has 0 N–H and O–H groups in total. The zero-order chi connectivity index (χ0) is 18.5. The van der Waals surface area contributed by atoms with Crippen LogP contribution in [-0.2, 0) is 0 Å². The Labute approximate surface area is 153 Å². The van der Waals surface area contributed by atoms with Crippen LogP contribution in [-0.4, -0.2) is 60.0 Å². The molecule has 2 aromatic rings. The smallest absolute Gasteiger partial charge is 0.256 e. The normalized spacial score (nSPS) is 14.4. The largest absolute Gasteiger partial charge is 0.366 e. The number of benzene rings is 1. The number of hydrogen-bond donors (Lipinski definition) is 0. The molecule has 1 aliphatic rings. The number of halogens is 1. The number of rotatable bonds is 5. The molecule has 1 aromatic carbocycles. The van der Waals surface area contributed by atoms with E-state index in [4.69, 9.17) is 0 Å². The van der Waals surface area contributed by atoms with Gasteiger partial charge < -0.3 is 14.7 Å². The van der Waals surface area contributed by atoms with Gasteiger partial charge in [-0.2, -0.15) is 0 Å². The zero-order valence-electron chi connectivity index (χ0n) is 15.2. The van der Waals surface area contributed by atoms with E-state index in [9.17, 15) is 9.18 Å². The highest BCUT2D eigenvalue weighted by molar-refractivity contribution is 5.93. The fourth-order valence-corrected chi connectivity index (χ4v) is 3.14. The van der Waals surface area contributed by atoms with Crippen molar-refractivity contribution < 1.29 is 9.18 Å². The minimum atomic E-state index is -0.198. The summed E-state index contributed by atoms with van der Waals surface area (Å²) < 4.78 is 13.9. The van der Waals surface area contributed by atoms with Gasteiger partial charge in [-0.3, -0.25) is 4.79 Å². The third kappa shape index (κ3) is 3.76. The average molecular weight is 357 g/mol. The molecule has 0 bridgehead atoms. The van der Waals surface area contributed by atoms with Crippen molar-refractivity contribution in [1.29, 1.82) is 0 Å². The summed E-state index contributed by atoms with van der Waals surface area (Å²) >= 11 is 0. The van der Waals surface area contributed by atoms with Crippen molar-refractivity contribution in [3.63, 3.8) is 0 Å². The molecule has 1 aliphatic heterocycles. The minimum absolute atomic E-state index is 0.0501. The molecule has 0 aliphatic carbocycles. The van der Waals surface area contributed by atoms with Gasteiger partial charge in [0.25, 0.3) is 5.91 Å². The molecule has 0 atom stereocenters. The van der Waals surface area contributed by atoms with E-state index in [1.165, 1.54) is 6.07 Å². The maximum absolute atomic E-state index is 13.9. The van der Waals surface area contributed by atoms with Crippen molar-refractivity contribution in [2.45, 2.75) is 13.8 Å². The van der Waals surface area contributed by atoms with Crippen LogP contribution in [0.15, 0.2) is 36.7 Å². The van der Waals surface area contributed by atoms with Gasteiger partial charge in [0.1, 0.15) is 5.82 Å². The second-order valence-corrected chi connectivity index (χ2v) is 6.17. The number of carbonyl (C=O) groups is 1. The number of para-hydroxylation sites is 1. The number of aromatic nitrogens is 2. The van der Waals surface area contributed by atoms with Crippen LogP contribution in [0, 0.1) is 5.82 Å². The Bertz CT molecular complexity index is 740. The molecule has 0 unspecified atom stereocenters. The molecule has 1 fully saturated rings. The third-order valence-electron chi connectivity index (χ3n) is 4.69. The number of piperazine rings is 1. The molecule has 0 radical (unpaired) electrons. The molecule has 3 rings (SSSR count). The van der Waals surface area contributed by atoms with Gasteiger partial charge in [0.2, 0.25) is 5.95 Å². The summed E-state index contributed by atoms with van der Waals surface area (Å²) in [6.07, 6.45) is 3.18. The molecule has 1 amide bonds. The number of carbonyl (C=O) groups excluding carboxylic acids is 1. The monoisotopic (exact) mass is 357 g/mol. The molecule has 138 valence electrons. The van der Waals surface area contributed by atoms with Crippen molar-refractivity contribution in [3.05, 3.63) is 48.0 Å². The van der Waals surface area contributed by atoms with Crippen LogP contribution in [0.3, 0.4) is 0 Å². The van der Waals surface area contributed by atoms with Crippen LogP contribution in [0.4, 0.5) is 16.0 Å². The molecular formula is C19H24FN5O. The summed E-state index contributed by atoms with van der Waals surface area (Å²) in [5.74, 6) is 0.358. The van der Waals surface area contributed by atoms with E-state index in [1.54, 1.807) is 29.4 Å². The predicted molar refractivity (Wildman–Crippen MR) is 100 cm³/mol. The Hall–Kier alpha value is -2.70. The van der Waals surface area contributed by atoms with Crippen molar-refractivity contribution in [1.82, 2.24) is 14.9 Å². The van der Waals surface area contributed by atoms with Crippen LogP contribution in [0.25, 0.3) is 0 Å². The molecule has 26 heavy (non-hydrogen) atoms. The standard InChI is InChI=1S/C19H24FN5O/c1-3-23(4-2)18(26)15-13-21-19(22-14-15)25-11-9-24(10-12-25)17-8-6-5-7-16(17)20/h5-8,13-14H,3-4,9-12H2,1-2H3.